The molecule has 1 aliphatic rings. The minimum absolute atomic E-state index is 0.0490. The van der Waals surface area contributed by atoms with Gasteiger partial charge in [-0.2, -0.15) is 5.10 Å². The van der Waals surface area contributed by atoms with Crippen LogP contribution in [0.1, 0.15) is 29.0 Å². The van der Waals surface area contributed by atoms with E-state index in [9.17, 15) is 4.79 Å². The fourth-order valence-corrected chi connectivity index (χ4v) is 4.03. The molecule has 2 aromatic rings. The fourth-order valence-electron chi connectivity index (χ4n) is 2.68. The lowest BCUT2D eigenvalue weighted by Crippen LogP contribution is -2.21. The number of nitrogens with one attached hydrogen (secondary N) is 2. The van der Waals surface area contributed by atoms with Crippen LogP contribution >= 0.6 is 11.8 Å². The molecule has 0 fully saturated rings. The van der Waals surface area contributed by atoms with Crippen LogP contribution in [0.4, 0.5) is 5.82 Å². The molecular weight excluding hydrogens is 314 g/mol. The summed E-state index contributed by atoms with van der Waals surface area (Å²) >= 11 is 1.57. The van der Waals surface area contributed by atoms with Crippen molar-refractivity contribution in [3.8, 4) is 11.5 Å². The number of benzene rings is 1. The number of anilines is 1. The van der Waals surface area contributed by atoms with Crippen LogP contribution in [-0.2, 0) is 4.79 Å². The number of aromatic nitrogens is 2. The number of carbonyl (C=O) groups is 1. The summed E-state index contributed by atoms with van der Waals surface area (Å²) in [6.07, 6.45) is 0. The second kappa shape index (κ2) is 6.16. The lowest BCUT2D eigenvalue weighted by molar-refractivity contribution is -0.115. The number of aryl methyl sites for hydroxylation is 1. The average Bonchev–Trinajstić information content (AvgIpc) is 2.85. The van der Waals surface area contributed by atoms with Gasteiger partial charge in [0, 0.05) is 16.8 Å². The SMILES string of the molecule is COc1ccc(OC)c(C2SC(C)C(=O)Nc3n[nH]c(C)c32)c1. The maximum Gasteiger partial charge on any atom is 0.238 e. The summed E-state index contributed by atoms with van der Waals surface area (Å²) < 4.78 is 10.9. The molecule has 6 nitrogen and oxygen atoms in total. The number of hydrogen-bond acceptors (Lipinski definition) is 5. The summed E-state index contributed by atoms with van der Waals surface area (Å²) in [6, 6.07) is 5.70. The molecule has 122 valence electrons. The Balaban J connectivity index is 2.17. The number of carbonyl (C=O) groups excluding carboxylic acids is 1. The first kappa shape index (κ1) is 15.7. The molecule has 0 aliphatic carbocycles. The summed E-state index contributed by atoms with van der Waals surface area (Å²) in [5.41, 5.74) is 2.86. The number of rotatable bonds is 3. The summed E-state index contributed by atoms with van der Waals surface area (Å²) in [6.45, 7) is 3.85. The van der Waals surface area contributed by atoms with Crippen LogP contribution in [0.2, 0.25) is 0 Å². The van der Waals surface area contributed by atoms with Gasteiger partial charge in [-0.25, -0.2) is 0 Å². The van der Waals surface area contributed by atoms with E-state index in [0.29, 0.717) is 5.82 Å². The Labute approximate surface area is 138 Å². The molecular formula is C16H19N3O3S. The first-order valence-electron chi connectivity index (χ1n) is 7.28. The average molecular weight is 333 g/mol. The molecule has 0 bridgehead atoms. The molecule has 1 aromatic heterocycles. The molecule has 3 rings (SSSR count). The Morgan fingerprint density at radius 1 is 1.26 bits per heavy atom. The van der Waals surface area contributed by atoms with E-state index in [4.69, 9.17) is 9.47 Å². The van der Waals surface area contributed by atoms with Gasteiger partial charge in [0.25, 0.3) is 0 Å². The van der Waals surface area contributed by atoms with E-state index >= 15 is 0 Å². The highest BCUT2D eigenvalue weighted by Gasteiger charge is 2.33. The molecule has 2 atom stereocenters. The molecule has 0 saturated heterocycles. The molecule has 2 N–H and O–H groups in total. The maximum atomic E-state index is 12.2. The highest BCUT2D eigenvalue weighted by molar-refractivity contribution is 8.01. The molecule has 2 heterocycles. The molecule has 0 spiro atoms. The van der Waals surface area contributed by atoms with Crippen LogP contribution in [-0.4, -0.2) is 35.6 Å². The van der Waals surface area contributed by atoms with E-state index in [1.165, 1.54) is 0 Å². The Morgan fingerprint density at radius 2 is 2.04 bits per heavy atom. The van der Waals surface area contributed by atoms with Crippen LogP contribution in [0.15, 0.2) is 18.2 Å². The Morgan fingerprint density at radius 3 is 2.74 bits per heavy atom. The predicted octanol–water partition coefficient (Wildman–Crippen LogP) is 2.90. The quantitative estimate of drug-likeness (QED) is 0.903. The lowest BCUT2D eigenvalue weighted by Gasteiger charge is -2.20. The van der Waals surface area contributed by atoms with Gasteiger partial charge in [0.15, 0.2) is 5.82 Å². The summed E-state index contributed by atoms with van der Waals surface area (Å²) in [5, 5.41) is 9.79. The molecule has 1 amide bonds. The minimum Gasteiger partial charge on any atom is -0.497 e. The first-order valence-corrected chi connectivity index (χ1v) is 8.22. The molecule has 7 heteroatoms. The van der Waals surface area contributed by atoms with Crippen LogP contribution < -0.4 is 14.8 Å². The summed E-state index contributed by atoms with van der Waals surface area (Å²) in [4.78, 5) is 12.2. The zero-order chi connectivity index (χ0) is 16.6. The zero-order valence-corrected chi connectivity index (χ0v) is 14.3. The number of thioether (sulfide) groups is 1. The standard InChI is InChI=1S/C16H19N3O3S/c1-8-13-14(11-7-10(21-3)5-6-12(11)22-4)23-9(2)16(20)17-15(13)19-18-8/h5-7,9,14H,1-4H3,(H2,17,18,19,20). The van der Waals surface area contributed by atoms with Crippen molar-refractivity contribution in [3.05, 3.63) is 35.0 Å². The normalized spacial score (nSPS) is 20.4. The van der Waals surface area contributed by atoms with Crippen LogP contribution in [0, 0.1) is 6.92 Å². The van der Waals surface area contributed by atoms with Crippen LogP contribution in [0.5, 0.6) is 11.5 Å². The number of methoxy groups -OCH3 is 2. The number of ether oxygens (including phenoxy) is 2. The van der Waals surface area contributed by atoms with E-state index in [-0.39, 0.29) is 16.4 Å². The molecule has 1 aromatic carbocycles. The van der Waals surface area contributed by atoms with Crippen molar-refractivity contribution < 1.29 is 14.3 Å². The third kappa shape index (κ3) is 2.76. The van der Waals surface area contributed by atoms with Crippen molar-refractivity contribution in [1.29, 1.82) is 0 Å². The van der Waals surface area contributed by atoms with E-state index < -0.39 is 0 Å². The Hall–Kier alpha value is -2.15. The maximum absolute atomic E-state index is 12.2. The van der Waals surface area contributed by atoms with Crippen molar-refractivity contribution in [2.75, 3.05) is 19.5 Å². The number of aromatic amines is 1. The van der Waals surface area contributed by atoms with E-state index in [2.05, 4.69) is 15.5 Å². The second-order valence-corrected chi connectivity index (χ2v) is 6.82. The Bertz CT molecular complexity index is 744. The molecule has 0 saturated carbocycles. The van der Waals surface area contributed by atoms with Gasteiger partial charge in [0.05, 0.1) is 24.7 Å². The van der Waals surface area contributed by atoms with Crippen molar-refractivity contribution >= 4 is 23.5 Å². The van der Waals surface area contributed by atoms with E-state index in [1.807, 2.05) is 32.0 Å². The number of fused-ring (bicyclic) bond motifs is 1. The predicted molar refractivity (Wildman–Crippen MR) is 90.4 cm³/mol. The first-order chi connectivity index (χ1) is 11.0. The largest absolute Gasteiger partial charge is 0.497 e. The topological polar surface area (TPSA) is 76.2 Å². The lowest BCUT2D eigenvalue weighted by atomic mass is 10.0. The van der Waals surface area contributed by atoms with Crippen LogP contribution in [0.3, 0.4) is 0 Å². The van der Waals surface area contributed by atoms with E-state index in [0.717, 1.165) is 28.3 Å². The molecule has 0 radical (unpaired) electrons. The fraction of sp³-hybridized carbons (Fsp3) is 0.375. The van der Waals surface area contributed by atoms with Gasteiger partial charge in [-0.1, -0.05) is 0 Å². The van der Waals surface area contributed by atoms with Gasteiger partial charge in [-0.05, 0) is 32.0 Å². The van der Waals surface area contributed by atoms with Gasteiger partial charge in [0.2, 0.25) is 5.91 Å². The zero-order valence-electron chi connectivity index (χ0n) is 13.5. The van der Waals surface area contributed by atoms with Crippen molar-refractivity contribution in [2.24, 2.45) is 0 Å². The van der Waals surface area contributed by atoms with E-state index in [1.54, 1.807) is 26.0 Å². The number of H-pyrrole nitrogens is 1. The van der Waals surface area contributed by atoms with Gasteiger partial charge in [-0.15, -0.1) is 11.8 Å². The second-order valence-electron chi connectivity index (χ2n) is 5.37. The van der Waals surface area contributed by atoms with Crippen molar-refractivity contribution in [3.63, 3.8) is 0 Å². The summed E-state index contributed by atoms with van der Waals surface area (Å²) in [7, 11) is 3.27. The number of nitrogens with zero attached hydrogens (tertiary/aromatic N) is 1. The smallest absolute Gasteiger partial charge is 0.238 e. The van der Waals surface area contributed by atoms with Crippen LogP contribution in [0.25, 0.3) is 0 Å². The summed E-state index contributed by atoms with van der Waals surface area (Å²) in [5.74, 6) is 2.04. The minimum atomic E-state index is -0.204. The highest BCUT2D eigenvalue weighted by Crippen LogP contribution is 2.48. The molecule has 1 aliphatic heterocycles. The Kier molecular flexibility index (Phi) is 4.21. The third-order valence-corrected chi connectivity index (χ3v) is 5.31. The monoisotopic (exact) mass is 333 g/mol. The molecule has 2 unspecified atom stereocenters. The van der Waals surface area contributed by atoms with Crippen molar-refractivity contribution in [2.45, 2.75) is 24.3 Å². The number of hydrogen-bond donors (Lipinski definition) is 2. The van der Waals surface area contributed by atoms with Gasteiger partial charge in [0.1, 0.15) is 11.5 Å². The number of amides is 1. The van der Waals surface area contributed by atoms with Crippen molar-refractivity contribution in [1.82, 2.24) is 10.2 Å². The molecule has 23 heavy (non-hydrogen) atoms. The highest BCUT2D eigenvalue weighted by atomic mass is 32.2. The van der Waals surface area contributed by atoms with Gasteiger partial charge >= 0.3 is 0 Å². The van der Waals surface area contributed by atoms with Gasteiger partial charge < -0.3 is 14.8 Å². The third-order valence-electron chi connectivity index (χ3n) is 3.93. The van der Waals surface area contributed by atoms with Gasteiger partial charge in [-0.3, -0.25) is 9.89 Å².